The van der Waals surface area contributed by atoms with Crippen LogP contribution in [-0.2, 0) is 6.42 Å². The molecule has 100 valence electrons. The van der Waals surface area contributed by atoms with Gasteiger partial charge < -0.3 is 15.2 Å². The van der Waals surface area contributed by atoms with E-state index in [1.165, 1.54) is 12.8 Å². The van der Waals surface area contributed by atoms with Gasteiger partial charge in [-0.3, -0.25) is 0 Å². The van der Waals surface area contributed by atoms with E-state index in [-0.39, 0.29) is 5.75 Å². The van der Waals surface area contributed by atoms with Gasteiger partial charge >= 0.3 is 0 Å². The van der Waals surface area contributed by atoms with Gasteiger partial charge in [-0.1, -0.05) is 15.9 Å². The van der Waals surface area contributed by atoms with Gasteiger partial charge in [-0.15, -0.1) is 0 Å². The first-order chi connectivity index (χ1) is 8.63. The molecule has 3 nitrogen and oxygen atoms in total. The van der Waals surface area contributed by atoms with Crippen LogP contribution in [0.2, 0.25) is 0 Å². The van der Waals surface area contributed by atoms with Crippen LogP contribution >= 0.6 is 15.9 Å². The molecule has 1 aliphatic rings. The van der Waals surface area contributed by atoms with Crippen molar-refractivity contribution in [3.63, 3.8) is 0 Å². The third-order valence-electron chi connectivity index (χ3n) is 3.65. The Morgan fingerprint density at radius 2 is 2.11 bits per heavy atom. The summed E-state index contributed by atoms with van der Waals surface area (Å²) in [5.74, 6) is 1.49. The zero-order valence-corrected chi connectivity index (χ0v) is 12.5. The molecule has 2 rings (SSSR count). The van der Waals surface area contributed by atoms with Crippen LogP contribution in [0.5, 0.6) is 11.5 Å². The molecule has 1 fully saturated rings. The van der Waals surface area contributed by atoms with Crippen LogP contribution in [0.4, 0.5) is 0 Å². The molecule has 4 heteroatoms. The quantitative estimate of drug-likeness (QED) is 0.901. The number of halogens is 1. The molecule has 0 unspecified atom stereocenters. The second-order valence-corrected chi connectivity index (χ2v) is 5.73. The van der Waals surface area contributed by atoms with Gasteiger partial charge in [-0.05, 0) is 56.8 Å². The van der Waals surface area contributed by atoms with E-state index in [9.17, 15) is 5.11 Å². The average Bonchev–Trinajstić information content (AvgIpc) is 2.40. The fourth-order valence-electron chi connectivity index (χ4n) is 2.54. The maximum Gasteiger partial charge on any atom is 0.162 e. The number of hydrogen-bond donors (Lipinski definition) is 2. The molecule has 0 aliphatic carbocycles. The Bertz CT molecular complexity index is 428. The number of phenolic OH excluding ortho intramolecular Hbond substituents is 1. The van der Waals surface area contributed by atoms with Crippen LogP contribution in [0.3, 0.4) is 0 Å². The highest BCUT2D eigenvalue weighted by Crippen LogP contribution is 2.39. The number of ether oxygens (including phenoxy) is 1. The predicted molar refractivity (Wildman–Crippen MR) is 76.4 cm³/mol. The number of nitrogens with one attached hydrogen (secondary N) is 1. The van der Waals surface area contributed by atoms with Crippen LogP contribution < -0.4 is 10.1 Å². The van der Waals surface area contributed by atoms with Crippen molar-refractivity contribution in [2.45, 2.75) is 26.2 Å². The first-order valence-electron chi connectivity index (χ1n) is 6.39. The summed E-state index contributed by atoms with van der Waals surface area (Å²) in [5, 5.41) is 13.6. The lowest BCUT2D eigenvalue weighted by Gasteiger charge is -2.24. The zero-order chi connectivity index (χ0) is 13.1. The fraction of sp³-hybridized carbons (Fsp3) is 0.571. The Kier molecular flexibility index (Phi) is 4.51. The van der Waals surface area contributed by atoms with Gasteiger partial charge in [0.25, 0.3) is 0 Å². The Morgan fingerprint density at radius 3 is 2.72 bits per heavy atom. The number of rotatable bonds is 3. The van der Waals surface area contributed by atoms with E-state index in [4.69, 9.17) is 4.74 Å². The van der Waals surface area contributed by atoms with Crippen molar-refractivity contribution in [2.75, 3.05) is 20.2 Å². The maximum atomic E-state index is 10.3. The minimum absolute atomic E-state index is 0.286. The minimum atomic E-state index is 0.286. The molecule has 1 aliphatic heterocycles. The molecule has 0 atom stereocenters. The lowest BCUT2D eigenvalue weighted by molar-refractivity contribution is 0.351. The summed E-state index contributed by atoms with van der Waals surface area (Å²) in [6.07, 6.45) is 3.25. The normalized spacial score (nSPS) is 16.8. The minimum Gasteiger partial charge on any atom is -0.504 e. The summed E-state index contributed by atoms with van der Waals surface area (Å²) in [6, 6.07) is 1.87. The van der Waals surface area contributed by atoms with Crippen molar-refractivity contribution in [2.24, 2.45) is 5.92 Å². The summed E-state index contributed by atoms with van der Waals surface area (Å²) >= 11 is 3.59. The average molecular weight is 314 g/mol. The van der Waals surface area contributed by atoms with Crippen molar-refractivity contribution >= 4 is 15.9 Å². The van der Waals surface area contributed by atoms with E-state index < -0.39 is 0 Å². The predicted octanol–water partition coefficient (Wildman–Crippen LogP) is 3.01. The van der Waals surface area contributed by atoms with E-state index in [1.807, 2.05) is 13.0 Å². The number of hydrogen-bond acceptors (Lipinski definition) is 3. The molecule has 18 heavy (non-hydrogen) atoms. The molecule has 0 saturated carbocycles. The summed E-state index contributed by atoms with van der Waals surface area (Å²) in [7, 11) is 1.59. The highest BCUT2D eigenvalue weighted by atomic mass is 79.9. The van der Waals surface area contributed by atoms with Gasteiger partial charge in [0, 0.05) is 10.0 Å². The molecule has 1 aromatic rings. The van der Waals surface area contributed by atoms with Crippen LogP contribution in [-0.4, -0.2) is 25.3 Å². The molecule has 0 spiro atoms. The number of aromatic hydroxyl groups is 1. The first-order valence-corrected chi connectivity index (χ1v) is 7.18. The summed E-state index contributed by atoms with van der Waals surface area (Å²) in [5.41, 5.74) is 2.09. The lowest BCUT2D eigenvalue weighted by atomic mass is 9.90. The molecule has 1 saturated heterocycles. The highest BCUT2D eigenvalue weighted by Gasteiger charge is 2.20. The van der Waals surface area contributed by atoms with Gasteiger partial charge in [-0.2, -0.15) is 0 Å². The van der Waals surface area contributed by atoms with Crippen molar-refractivity contribution < 1.29 is 9.84 Å². The largest absolute Gasteiger partial charge is 0.504 e. The van der Waals surface area contributed by atoms with Gasteiger partial charge in [0.2, 0.25) is 0 Å². The van der Waals surface area contributed by atoms with Crippen molar-refractivity contribution in [3.05, 3.63) is 21.7 Å². The molecular formula is C14H20BrNO2. The second kappa shape index (κ2) is 5.93. The highest BCUT2D eigenvalue weighted by molar-refractivity contribution is 9.10. The molecular weight excluding hydrogens is 294 g/mol. The topological polar surface area (TPSA) is 41.5 Å². The molecule has 1 heterocycles. The molecule has 2 N–H and O–H groups in total. The van der Waals surface area contributed by atoms with Crippen molar-refractivity contribution in [1.29, 1.82) is 0 Å². The number of piperidine rings is 1. The summed E-state index contributed by atoms with van der Waals surface area (Å²) < 4.78 is 6.24. The standard InChI is InChI=1S/C14H20BrNO2/c1-9-7-12(18-2)14(17)11(13(9)15)8-10-3-5-16-6-4-10/h7,10,16-17H,3-6,8H2,1-2H3. The van der Waals surface area contributed by atoms with Gasteiger partial charge in [-0.25, -0.2) is 0 Å². The molecule has 0 radical (unpaired) electrons. The number of phenols is 1. The first kappa shape index (κ1) is 13.7. The van der Waals surface area contributed by atoms with Crippen LogP contribution in [0.25, 0.3) is 0 Å². The third-order valence-corrected chi connectivity index (χ3v) is 4.75. The smallest absolute Gasteiger partial charge is 0.162 e. The summed E-state index contributed by atoms with van der Waals surface area (Å²) in [4.78, 5) is 0. The Hall–Kier alpha value is -0.740. The Balaban J connectivity index is 2.27. The Morgan fingerprint density at radius 1 is 1.44 bits per heavy atom. The third kappa shape index (κ3) is 2.81. The lowest BCUT2D eigenvalue weighted by Crippen LogP contribution is -2.28. The molecule has 1 aromatic carbocycles. The van der Waals surface area contributed by atoms with E-state index in [2.05, 4.69) is 21.2 Å². The van der Waals surface area contributed by atoms with Crippen molar-refractivity contribution in [3.8, 4) is 11.5 Å². The summed E-state index contributed by atoms with van der Waals surface area (Å²) in [6.45, 7) is 4.18. The molecule has 0 amide bonds. The van der Waals surface area contributed by atoms with Crippen LogP contribution in [0.1, 0.15) is 24.0 Å². The second-order valence-electron chi connectivity index (χ2n) is 4.93. The number of aryl methyl sites for hydroxylation is 1. The fourth-order valence-corrected chi connectivity index (χ4v) is 3.00. The van der Waals surface area contributed by atoms with Gasteiger partial charge in [0.15, 0.2) is 11.5 Å². The Labute approximate surface area is 117 Å². The van der Waals surface area contributed by atoms with Crippen LogP contribution in [0, 0.1) is 12.8 Å². The molecule has 0 aromatic heterocycles. The van der Waals surface area contributed by atoms with Gasteiger partial charge in [0.05, 0.1) is 7.11 Å². The van der Waals surface area contributed by atoms with E-state index in [0.29, 0.717) is 11.7 Å². The van der Waals surface area contributed by atoms with Gasteiger partial charge in [0.1, 0.15) is 0 Å². The zero-order valence-electron chi connectivity index (χ0n) is 10.9. The van der Waals surface area contributed by atoms with Crippen molar-refractivity contribution in [1.82, 2.24) is 5.32 Å². The van der Waals surface area contributed by atoms with E-state index in [1.54, 1.807) is 7.11 Å². The maximum absolute atomic E-state index is 10.3. The number of methoxy groups -OCH3 is 1. The van der Waals surface area contributed by atoms with E-state index >= 15 is 0 Å². The number of benzene rings is 1. The molecule has 0 bridgehead atoms. The SMILES string of the molecule is COc1cc(C)c(Br)c(CC2CCNCC2)c1O. The van der Waals surface area contributed by atoms with E-state index in [0.717, 1.165) is 35.1 Å². The monoisotopic (exact) mass is 313 g/mol. The van der Waals surface area contributed by atoms with Crippen LogP contribution in [0.15, 0.2) is 10.5 Å².